The molecular formula is C9H15ISi. The fourth-order valence-electron chi connectivity index (χ4n) is 0.367. The Bertz CT molecular complexity index is 218. The molecule has 0 unspecified atom stereocenters. The lowest BCUT2D eigenvalue weighted by atomic mass is 10.3. The Balaban J connectivity index is 4.45. The van der Waals surface area contributed by atoms with Crippen LogP contribution in [-0.2, 0) is 0 Å². The molecule has 2 heteroatoms. The predicted molar refractivity (Wildman–Crippen MR) is 63.5 cm³/mol. The van der Waals surface area contributed by atoms with E-state index >= 15 is 0 Å². The lowest BCUT2D eigenvalue weighted by Gasteiger charge is -2.03. The molecule has 0 bridgehead atoms. The molecule has 0 aromatic heterocycles. The highest BCUT2D eigenvalue weighted by atomic mass is 127. The summed E-state index contributed by atoms with van der Waals surface area (Å²) in [5.74, 6) is 3.21. The molecule has 0 saturated carbocycles. The first-order chi connectivity index (χ1) is 4.83. The van der Waals surface area contributed by atoms with Crippen molar-refractivity contribution in [2.75, 3.05) is 0 Å². The first kappa shape index (κ1) is 11.2. The largest absolute Gasteiger partial charge is 0.129 e. The fourth-order valence-corrected chi connectivity index (χ4v) is 1.06. The van der Waals surface area contributed by atoms with Crippen molar-refractivity contribution in [3.63, 3.8) is 0 Å². The minimum atomic E-state index is -1.16. The van der Waals surface area contributed by atoms with Gasteiger partial charge in [-0.25, -0.2) is 0 Å². The minimum Gasteiger partial charge on any atom is -0.127 e. The number of halogens is 1. The van der Waals surface area contributed by atoms with Gasteiger partial charge in [-0.15, -0.1) is 5.54 Å². The van der Waals surface area contributed by atoms with Gasteiger partial charge in [0.05, 0.1) is 0 Å². The molecular weight excluding hydrogens is 263 g/mol. The maximum absolute atomic E-state index is 3.33. The smallest absolute Gasteiger partial charge is 0.127 e. The van der Waals surface area contributed by atoms with E-state index in [1.54, 1.807) is 0 Å². The normalized spacial score (nSPS) is 13.3. The van der Waals surface area contributed by atoms with Crippen LogP contribution in [0.1, 0.15) is 13.8 Å². The molecule has 62 valence electrons. The molecule has 0 aromatic carbocycles. The standard InChI is InChI=1S/C9H15ISi/c1-8(9(2)10)6-7-11(3,4)5/h1-5H3/b9-8+. The molecule has 0 spiro atoms. The van der Waals surface area contributed by atoms with Crippen molar-refractivity contribution in [1.82, 2.24) is 0 Å². The van der Waals surface area contributed by atoms with Gasteiger partial charge in [0, 0.05) is 5.57 Å². The summed E-state index contributed by atoms with van der Waals surface area (Å²) in [6.45, 7) is 10.9. The zero-order valence-electron chi connectivity index (χ0n) is 7.88. The van der Waals surface area contributed by atoms with Gasteiger partial charge in [-0.3, -0.25) is 0 Å². The number of hydrogen-bond acceptors (Lipinski definition) is 0. The molecule has 0 aliphatic heterocycles. The van der Waals surface area contributed by atoms with Crippen LogP contribution in [0.15, 0.2) is 9.15 Å². The summed E-state index contributed by atoms with van der Waals surface area (Å²) in [7, 11) is -1.16. The Morgan fingerprint density at radius 1 is 1.18 bits per heavy atom. The van der Waals surface area contributed by atoms with E-state index in [4.69, 9.17) is 0 Å². The molecule has 0 atom stereocenters. The summed E-state index contributed by atoms with van der Waals surface area (Å²) in [6.07, 6.45) is 0. The average molecular weight is 278 g/mol. The van der Waals surface area contributed by atoms with Crippen molar-refractivity contribution < 1.29 is 0 Å². The van der Waals surface area contributed by atoms with E-state index in [1.807, 2.05) is 0 Å². The number of allylic oxidation sites excluding steroid dienone is 2. The van der Waals surface area contributed by atoms with Crippen molar-refractivity contribution in [1.29, 1.82) is 0 Å². The Labute approximate surface area is 84.6 Å². The van der Waals surface area contributed by atoms with Gasteiger partial charge in [0.15, 0.2) is 0 Å². The first-order valence-electron chi connectivity index (χ1n) is 3.69. The van der Waals surface area contributed by atoms with Gasteiger partial charge >= 0.3 is 0 Å². The molecule has 0 heterocycles. The van der Waals surface area contributed by atoms with Gasteiger partial charge in [0.25, 0.3) is 0 Å². The van der Waals surface area contributed by atoms with E-state index in [0.29, 0.717) is 0 Å². The Morgan fingerprint density at radius 3 is 1.91 bits per heavy atom. The number of hydrogen-bond donors (Lipinski definition) is 0. The van der Waals surface area contributed by atoms with Gasteiger partial charge in [-0.2, -0.15) is 0 Å². The highest BCUT2D eigenvalue weighted by Crippen LogP contribution is 2.10. The minimum absolute atomic E-state index is 1.16. The van der Waals surface area contributed by atoms with Crippen LogP contribution < -0.4 is 0 Å². The van der Waals surface area contributed by atoms with Gasteiger partial charge in [0.2, 0.25) is 0 Å². The summed E-state index contributed by atoms with van der Waals surface area (Å²) in [6, 6.07) is 0. The lowest BCUT2D eigenvalue weighted by Crippen LogP contribution is -2.16. The summed E-state index contributed by atoms with van der Waals surface area (Å²) in [5.41, 5.74) is 4.54. The van der Waals surface area contributed by atoms with Gasteiger partial charge < -0.3 is 0 Å². The van der Waals surface area contributed by atoms with Crippen LogP contribution in [-0.4, -0.2) is 8.07 Å². The Kier molecular flexibility index (Phi) is 4.41. The van der Waals surface area contributed by atoms with Crippen LogP contribution in [0.3, 0.4) is 0 Å². The predicted octanol–water partition coefficient (Wildman–Crippen LogP) is 3.60. The molecule has 0 fully saturated rings. The zero-order valence-corrected chi connectivity index (χ0v) is 11.0. The third-order valence-corrected chi connectivity index (χ3v) is 2.83. The summed E-state index contributed by atoms with van der Waals surface area (Å²) in [5, 5.41) is 0. The first-order valence-corrected chi connectivity index (χ1v) is 8.27. The van der Waals surface area contributed by atoms with E-state index in [9.17, 15) is 0 Å². The van der Waals surface area contributed by atoms with E-state index < -0.39 is 8.07 Å². The van der Waals surface area contributed by atoms with E-state index in [0.717, 1.165) is 0 Å². The second-order valence-corrected chi connectivity index (χ2v) is 10.0. The molecule has 0 nitrogen and oxygen atoms in total. The average Bonchev–Trinajstić information content (AvgIpc) is 1.80. The fraction of sp³-hybridized carbons (Fsp3) is 0.556. The molecule has 0 N–H and O–H groups in total. The third-order valence-electron chi connectivity index (χ3n) is 1.14. The van der Waals surface area contributed by atoms with E-state index in [1.165, 1.54) is 9.15 Å². The van der Waals surface area contributed by atoms with Gasteiger partial charge in [0.1, 0.15) is 8.07 Å². The van der Waals surface area contributed by atoms with Crippen LogP contribution in [0.25, 0.3) is 0 Å². The van der Waals surface area contributed by atoms with E-state index in [-0.39, 0.29) is 0 Å². The summed E-state index contributed by atoms with van der Waals surface area (Å²) >= 11 is 2.31. The molecule has 11 heavy (non-hydrogen) atoms. The van der Waals surface area contributed by atoms with Crippen LogP contribution in [0.4, 0.5) is 0 Å². The lowest BCUT2D eigenvalue weighted by molar-refractivity contribution is 1.51. The van der Waals surface area contributed by atoms with Crippen molar-refractivity contribution in [2.45, 2.75) is 33.5 Å². The Morgan fingerprint density at radius 2 is 1.64 bits per heavy atom. The van der Waals surface area contributed by atoms with Crippen LogP contribution in [0.2, 0.25) is 19.6 Å². The van der Waals surface area contributed by atoms with Gasteiger partial charge in [-0.1, -0.05) is 25.6 Å². The molecule has 0 amide bonds. The zero-order chi connectivity index (χ0) is 9.07. The Hall–Kier alpha value is 0.247. The van der Waals surface area contributed by atoms with Crippen LogP contribution in [0, 0.1) is 11.5 Å². The van der Waals surface area contributed by atoms with Crippen LogP contribution in [0.5, 0.6) is 0 Å². The third kappa shape index (κ3) is 6.64. The molecule has 0 aliphatic rings. The monoisotopic (exact) mass is 278 g/mol. The molecule has 0 radical (unpaired) electrons. The highest BCUT2D eigenvalue weighted by Gasteiger charge is 2.07. The number of rotatable bonds is 0. The van der Waals surface area contributed by atoms with Crippen molar-refractivity contribution in [3.05, 3.63) is 9.15 Å². The molecule has 0 aliphatic carbocycles. The van der Waals surface area contributed by atoms with Crippen molar-refractivity contribution in [3.8, 4) is 11.5 Å². The van der Waals surface area contributed by atoms with E-state index in [2.05, 4.69) is 67.5 Å². The molecule has 0 rings (SSSR count). The van der Waals surface area contributed by atoms with Crippen LogP contribution >= 0.6 is 22.6 Å². The van der Waals surface area contributed by atoms with Gasteiger partial charge in [-0.05, 0) is 40.0 Å². The van der Waals surface area contributed by atoms with Crippen molar-refractivity contribution >= 4 is 30.7 Å². The maximum atomic E-state index is 3.33. The molecule has 0 saturated heterocycles. The second kappa shape index (κ2) is 4.32. The highest BCUT2D eigenvalue weighted by molar-refractivity contribution is 14.1. The SMILES string of the molecule is C/C(I)=C(/C)C#C[Si](C)(C)C. The van der Waals surface area contributed by atoms with Crippen molar-refractivity contribution in [2.24, 2.45) is 0 Å². The summed E-state index contributed by atoms with van der Waals surface area (Å²) < 4.78 is 1.30. The maximum Gasteiger partial charge on any atom is 0.129 e. The quantitative estimate of drug-likeness (QED) is 0.361. The summed E-state index contributed by atoms with van der Waals surface area (Å²) in [4.78, 5) is 0. The topological polar surface area (TPSA) is 0 Å². The molecule has 0 aromatic rings. The second-order valence-electron chi connectivity index (χ2n) is 3.66.